The number of rotatable bonds is 6. The standard InChI is InChI=1S/C24H32N4O6/c1-16(29)26-21-14-17-8-10-19(11-9-17)34-13-5-6-18(15-22(30)33-2)27-23(31)20(28-24(21)32)7-3-4-12-25/h5,7-11,13,18,21H,3-4,6,12,14-15,25H2,1-2H3,(H,26,29)(H,27,31)(H,28,32)/b13-5-,20-7+/t18-,21-/m0/s1. The Morgan fingerprint density at radius 2 is 2.00 bits per heavy atom. The number of allylic oxidation sites excluding steroid dienone is 1. The second kappa shape index (κ2) is 13.8. The van der Waals surface area contributed by atoms with Gasteiger partial charge in [-0.2, -0.15) is 0 Å². The summed E-state index contributed by atoms with van der Waals surface area (Å²) in [4.78, 5) is 49.7. The monoisotopic (exact) mass is 472 g/mol. The summed E-state index contributed by atoms with van der Waals surface area (Å²) in [7, 11) is 1.27. The second-order valence-corrected chi connectivity index (χ2v) is 7.82. The lowest BCUT2D eigenvalue weighted by Gasteiger charge is -2.21. The van der Waals surface area contributed by atoms with E-state index in [1.165, 1.54) is 20.3 Å². The van der Waals surface area contributed by atoms with Crippen molar-refractivity contribution in [2.24, 2.45) is 5.73 Å². The minimum Gasteiger partial charge on any atom is -0.469 e. The van der Waals surface area contributed by atoms with Crippen molar-refractivity contribution in [2.75, 3.05) is 13.7 Å². The van der Waals surface area contributed by atoms with E-state index in [-0.39, 0.29) is 30.9 Å². The van der Waals surface area contributed by atoms with Crippen LogP contribution in [0.2, 0.25) is 0 Å². The number of ether oxygens (including phenoxy) is 2. The third-order valence-corrected chi connectivity index (χ3v) is 5.01. The Bertz CT molecular complexity index is 926. The first-order chi connectivity index (χ1) is 16.3. The first kappa shape index (κ1) is 26.6. The first-order valence-corrected chi connectivity index (χ1v) is 11.1. The Labute approximate surface area is 198 Å². The van der Waals surface area contributed by atoms with E-state index in [1.807, 2.05) is 0 Å². The van der Waals surface area contributed by atoms with Gasteiger partial charge in [0.1, 0.15) is 17.5 Å². The molecule has 2 atom stereocenters. The Hall–Kier alpha value is -3.66. The molecule has 0 radical (unpaired) electrons. The Morgan fingerprint density at radius 3 is 2.65 bits per heavy atom. The van der Waals surface area contributed by atoms with Crippen LogP contribution in [-0.2, 0) is 30.3 Å². The van der Waals surface area contributed by atoms with Gasteiger partial charge in [0.05, 0.1) is 19.8 Å². The van der Waals surface area contributed by atoms with Gasteiger partial charge >= 0.3 is 5.97 Å². The largest absolute Gasteiger partial charge is 0.469 e. The molecule has 2 aliphatic heterocycles. The maximum absolute atomic E-state index is 13.1. The van der Waals surface area contributed by atoms with Gasteiger partial charge in [-0.15, -0.1) is 0 Å². The molecule has 10 nitrogen and oxygen atoms in total. The molecule has 5 N–H and O–H groups in total. The van der Waals surface area contributed by atoms with Gasteiger partial charge in [-0.1, -0.05) is 18.2 Å². The predicted molar refractivity (Wildman–Crippen MR) is 125 cm³/mol. The molecule has 184 valence electrons. The molecule has 0 aliphatic carbocycles. The summed E-state index contributed by atoms with van der Waals surface area (Å²) >= 11 is 0. The molecule has 34 heavy (non-hydrogen) atoms. The van der Waals surface area contributed by atoms with Crippen LogP contribution in [0.3, 0.4) is 0 Å². The number of unbranched alkanes of at least 4 members (excludes halogenated alkanes) is 1. The van der Waals surface area contributed by atoms with Gasteiger partial charge in [-0.3, -0.25) is 19.2 Å². The number of benzene rings is 1. The average Bonchev–Trinajstić information content (AvgIpc) is 2.80. The van der Waals surface area contributed by atoms with Crippen LogP contribution >= 0.6 is 0 Å². The van der Waals surface area contributed by atoms with Gasteiger partial charge in [0.2, 0.25) is 11.8 Å². The summed E-state index contributed by atoms with van der Waals surface area (Å²) in [5.41, 5.74) is 6.38. The van der Waals surface area contributed by atoms with Gasteiger partial charge in [-0.05, 0) is 49.6 Å². The van der Waals surface area contributed by atoms with Gasteiger partial charge in [-0.25, -0.2) is 0 Å². The fourth-order valence-corrected chi connectivity index (χ4v) is 3.27. The van der Waals surface area contributed by atoms with Crippen LogP contribution in [0, 0.1) is 0 Å². The van der Waals surface area contributed by atoms with Crippen molar-refractivity contribution in [3.8, 4) is 5.75 Å². The average molecular weight is 473 g/mol. The summed E-state index contributed by atoms with van der Waals surface area (Å²) in [5, 5.41) is 8.03. The van der Waals surface area contributed by atoms with E-state index in [1.54, 1.807) is 36.4 Å². The quantitative estimate of drug-likeness (QED) is 0.272. The van der Waals surface area contributed by atoms with Crippen LogP contribution in [-0.4, -0.2) is 49.4 Å². The zero-order valence-electron chi connectivity index (χ0n) is 19.5. The fourth-order valence-electron chi connectivity index (χ4n) is 3.27. The van der Waals surface area contributed by atoms with E-state index in [0.29, 0.717) is 25.1 Å². The summed E-state index contributed by atoms with van der Waals surface area (Å²) in [6.07, 6.45) is 6.26. The number of nitrogens with one attached hydrogen (secondary N) is 3. The molecule has 0 saturated carbocycles. The van der Waals surface area contributed by atoms with E-state index >= 15 is 0 Å². The molecule has 2 bridgehead atoms. The van der Waals surface area contributed by atoms with E-state index in [9.17, 15) is 19.2 Å². The molecule has 1 aromatic rings. The number of methoxy groups -OCH3 is 1. The molecular weight excluding hydrogens is 440 g/mol. The van der Waals surface area contributed by atoms with E-state index in [4.69, 9.17) is 15.2 Å². The number of carbonyl (C=O) groups excluding carboxylic acids is 4. The molecule has 0 saturated heterocycles. The minimum atomic E-state index is -0.909. The highest BCUT2D eigenvalue weighted by atomic mass is 16.5. The van der Waals surface area contributed by atoms with E-state index in [2.05, 4.69) is 16.0 Å². The number of amides is 3. The lowest BCUT2D eigenvalue weighted by atomic mass is 10.0. The number of nitrogens with two attached hydrogens (primary N) is 1. The van der Waals surface area contributed by atoms with Crippen LogP contribution in [0.5, 0.6) is 5.75 Å². The van der Waals surface area contributed by atoms with Crippen LogP contribution in [0.4, 0.5) is 0 Å². The molecular formula is C24H32N4O6. The lowest BCUT2D eigenvalue weighted by Crippen LogP contribution is -2.49. The van der Waals surface area contributed by atoms with Gasteiger partial charge in [0, 0.05) is 19.4 Å². The molecule has 0 aromatic heterocycles. The number of fused-ring (bicyclic) bond motifs is 12. The Morgan fingerprint density at radius 1 is 1.26 bits per heavy atom. The molecule has 0 unspecified atom stereocenters. The van der Waals surface area contributed by atoms with Crippen molar-refractivity contribution in [3.05, 3.63) is 53.9 Å². The van der Waals surface area contributed by atoms with Crippen molar-refractivity contribution in [3.63, 3.8) is 0 Å². The van der Waals surface area contributed by atoms with Crippen LogP contribution < -0.4 is 26.4 Å². The first-order valence-electron chi connectivity index (χ1n) is 11.1. The van der Waals surface area contributed by atoms with Crippen LogP contribution in [0.1, 0.15) is 38.2 Å². The van der Waals surface area contributed by atoms with Crippen molar-refractivity contribution in [1.82, 2.24) is 16.0 Å². The lowest BCUT2D eigenvalue weighted by molar-refractivity contribution is -0.141. The smallest absolute Gasteiger partial charge is 0.307 e. The molecule has 3 rings (SSSR count). The van der Waals surface area contributed by atoms with Crippen molar-refractivity contribution in [1.29, 1.82) is 0 Å². The zero-order valence-corrected chi connectivity index (χ0v) is 19.5. The van der Waals surface area contributed by atoms with Crippen molar-refractivity contribution < 1.29 is 28.7 Å². The van der Waals surface area contributed by atoms with E-state index in [0.717, 1.165) is 5.56 Å². The fraction of sp³-hybridized carbons (Fsp3) is 0.417. The van der Waals surface area contributed by atoms with Crippen LogP contribution in [0.25, 0.3) is 0 Å². The maximum Gasteiger partial charge on any atom is 0.307 e. The summed E-state index contributed by atoms with van der Waals surface area (Å²) in [5.74, 6) is -1.40. The molecule has 2 aliphatic rings. The Kier molecular flexibility index (Phi) is 10.8. The third kappa shape index (κ3) is 9.07. The predicted octanol–water partition coefficient (Wildman–Crippen LogP) is 0.817. The Balaban J connectivity index is 2.39. The van der Waals surface area contributed by atoms with Gasteiger partial charge < -0.3 is 31.2 Å². The number of esters is 1. The number of hydrogen-bond donors (Lipinski definition) is 4. The molecule has 10 heteroatoms. The van der Waals surface area contributed by atoms with Gasteiger partial charge in [0.15, 0.2) is 0 Å². The van der Waals surface area contributed by atoms with Crippen LogP contribution in [0.15, 0.2) is 48.4 Å². The second-order valence-electron chi connectivity index (χ2n) is 7.82. The van der Waals surface area contributed by atoms with Crippen molar-refractivity contribution in [2.45, 2.75) is 51.1 Å². The van der Waals surface area contributed by atoms with Gasteiger partial charge in [0.25, 0.3) is 5.91 Å². The SMILES string of the molecule is COC(=O)C[C@@H]1C/C=C\Oc2ccc(cc2)C[C@H](NC(C)=O)C(=O)N/C(=C/CCCN)C(=O)N1. The van der Waals surface area contributed by atoms with Crippen molar-refractivity contribution >= 4 is 23.7 Å². The summed E-state index contributed by atoms with van der Waals surface area (Å²) in [6.45, 7) is 1.73. The number of carbonyl (C=O) groups is 4. The topological polar surface area (TPSA) is 149 Å². The molecule has 0 fully saturated rings. The minimum absolute atomic E-state index is 0.0198. The number of hydrogen-bond acceptors (Lipinski definition) is 7. The molecule has 1 aromatic carbocycles. The summed E-state index contributed by atoms with van der Waals surface area (Å²) < 4.78 is 10.3. The highest BCUT2D eigenvalue weighted by molar-refractivity contribution is 5.99. The zero-order chi connectivity index (χ0) is 24.9. The molecule has 3 amide bonds. The van der Waals surface area contributed by atoms with E-state index < -0.39 is 29.9 Å². The highest BCUT2D eigenvalue weighted by Crippen LogP contribution is 2.15. The molecule has 2 heterocycles. The third-order valence-electron chi connectivity index (χ3n) is 5.01. The highest BCUT2D eigenvalue weighted by Gasteiger charge is 2.25. The maximum atomic E-state index is 13.1. The summed E-state index contributed by atoms with van der Waals surface area (Å²) in [6, 6.07) is 5.58. The normalized spacial score (nSPS) is 21.2. The molecule has 0 spiro atoms.